The number of amides is 2. The lowest BCUT2D eigenvalue weighted by molar-refractivity contribution is 0.0923. The molecule has 2 amide bonds. The quantitative estimate of drug-likeness (QED) is 0.447. The van der Waals surface area contributed by atoms with Crippen LogP contribution in [0.1, 0.15) is 44.8 Å². The second kappa shape index (κ2) is 10.4. The third kappa shape index (κ3) is 5.55. The number of nitrogen functional groups attached to an aromatic ring is 1. The lowest BCUT2D eigenvalue weighted by Crippen LogP contribution is -2.46. The molecule has 9 heteroatoms. The first-order valence-corrected chi connectivity index (χ1v) is 11.2. The van der Waals surface area contributed by atoms with Crippen molar-refractivity contribution >= 4 is 17.6 Å². The number of benzene rings is 2. The van der Waals surface area contributed by atoms with E-state index in [9.17, 15) is 14.0 Å². The van der Waals surface area contributed by atoms with E-state index in [1.54, 1.807) is 30.3 Å². The van der Waals surface area contributed by atoms with Gasteiger partial charge in [-0.1, -0.05) is 18.2 Å². The van der Waals surface area contributed by atoms with E-state index in [0.717, 1.165) is 24.9 Å². The molecule has 34 heavy (non-hydrogen) atoms. The van der Waals surface area contributed by atoms with Crippen LogP contribution in [0.2, 0.25) is 0 Å². The number of anilines is 1. The summed E-state index contributed by atoms with van der Waals surface area (Å²) in [6.45, 7) is 3.70. The zero-order valence-corrected chi connectivity index (χ0v) is 18.9. The van der Waals surface area contributed by atoms with E-state index in [1.165, 1.54) is 18.3 Å². The van der Waals surface area contributed by atoms with E-state index in [2.05, 4.69) is 25.9 Å². The molecule has 0 aliphatic carbocycles. The summed E-state index contributed by atoms with van der Waals surface area (Å²) in [5.41, 5.74) is 9.04. The zero-order chi connectivity index (χ0) is 24.1. The summed E-state index contributed by atoms with van der Waals surface area (Å²) in [7, 11) is 0. The van der Waals surface area contributed by atoms with Crippen LogP contribution in [0.5, 0.6) is 0 Å². The summed E-state index contributed by atoms with van der Waals surface area (Å²) in [6, 6.07) is 11.3. The number of piperidine rings is 1. The SMILES string of the molecule is Cc1ccc(F)cc1CNC(=O)c1cccc(-c2cnc(N)c(C(=O)N[C@H]3CCCNC3)n2)c1. The molecular weight excluding hydrogens is 435 g/mol. The van der Waals surface area contributed by atoms with Crippen LogP contribution in [0.3, 0.4) is 0 Å². The van der Waals surface area contributed by atoms with Gasteiger partial charge in [0.2, 0.25) is 0 Å². The molecule has 2 aromatic carbocycles. The minimum atomic E-state index is -0.375. The standard InChI is InChI=1S/C25H27FN6O2/c1-15-7-8-19(26)11-18(15)12-30-24(33)17-5-2-4-16(10-17)21-14-29-23(27)22(32-21)25(34)31-20-6-3-9-28-13-20/h2,4-5,7-8,10-11,14,20,28H,3,6,9,12-13H2,1H3,(H2,27,29)(H,30,33)(H,31,34)/t20-/m0/s1. The number of hydrogen-bond donors (Lipinski definition) is 4. The summed E-state index contributed by atoms with van der Waals surface area (Å²) in [4.78, 5) is 34.0. The molecule has 1 fully saturated rings. The molecule has 5 N–H and O–H groups in total. The second-order valence-electron chi connectivity index (χ2n) is 8.34. The number of aryl methyl sites for hydroxylation is 1. The minimum absolute atomic E-state index is 0.0138. The lowest BCUT2D eigenvalue weighted by atomic mass is 10.1. The summed E-state index contributed by atoms with van der Waals surface area (Å²) in [6.07, 6.45) is 3.35. The van der Waals surface area contributed by atoms with Crippen LogP contribution in [0.15, 0.2) is 48.7 Å². The van der Waals surface area contributed by atoms with Crippen LogP contribution in [-0.2, 0) is 6.54 Å². The van der Waals surface area contributed by atoms with E-state index in [0.29, 0.717) is 28.9 Å². The fourth-order valence-corrected chi connectivity index (χ4v) is 3.86. The molecule has 0 unspecified atom stereocenters. The molecule has 0 bridgehead atoms. The maximum Gasteiger partial charge on any atom is 0.274 e. The van der Waals surface area contributed by atoms with E-state index >= 15 is 0 Å². The van der Waals surface area contributed by atoms with Gasteiger partial charge >= 0.3 is 0 Å². The van der Waals surface area contributed by atoms with Crippen molar-refractivity contribution < 1.29 is 14.0 Å². The van der Waals surface area contributed by atoms with Crippen molar-refractivity contribution in [3.8, 4) is 11.3 Å². The summed E-state index contributed by atoms with van der Waals surface area (Å²) in [5.74, 6) is -0.987. The maximum atomic E-state index is 13.5. The van der Waals surface area contributed by atoms with Crippen LogP contribution in [0.4, 0.5) is 10.2 Å². The molecule has 8 nitrogen and oxygen atoms in total. The van der Waals surface area contributed by atoms with Gasteiger partial charge in [0.05, 0.1) is 11.9 Å². The zero-order valence-electron chi connectivity index (χ0n) is 18.9. The van der Waals surface area contributed by atoms with Gasteiger partial charge in [-0.25, -0.2) is 14.4 Å². The van der Waals surface area contributed by atoms with Crippen molar-refractivity contribution in [2.24, 2.45) is 0 Å². The summed E-state index contributed by atoms with van der Waals surface area (Å²) < 4.78 is 13.5. The highest BCUT2D eigenvalue weighted by molar-refractivity contribution is 5.97. The second-order valence-corrected chi connectivity index (χ2v) is 8.34. The van der Waals surface area contributed by atoms with E-state index < -0.39 is 0 Å². The fraction of sp³-hybridized carbons (Fsp3) is 0.280. The highest BCUT2D eigenvalue weighted by atomic mass is 19.1. The number of halogens is 1. The molecule has 1 saturated heterocycles. The van der Waals surface area contributed by atoms with Crippen molar-refractivity contribution in [1.82, 2.24) is 25.9 Å². The summed E-state index contributed by atoms with van der Waals surface area (Å²) in [5, 5.41) is 9.01. The molecule has 1 aromatic heterocycles. The van der Waals surface area contributed by atoms with Gasteiger partial charge in [-0.05, 0) is 61.7 Å². The van der Waals surface area contributed by atoms with Gasteiger partial charge in [0.1, 0.15) is 5.82 Å². The topological polar surface area (TPSA) is 122 Å². The van der Waals surface area contributed by atoms with Crippen molar-refractivity contribution in [2.75, 3.05) is 18.8 Å². The Kier molecular flexibility index (Phi) is 7.12. The molecule has 0 radical (unpaired) electrons. The molecule has 3 aromatic rings. The lowest BCUT2D eigenvalue weighted by Gasteiger charge is -2.23. The predicted molar refractivity (Wildman–Crippen MR) is 128 cm³/mol. The van der Waals surface area contributed by atoms with Gasteiger partial charge in [0, 0.05) is 30.3 Å². The molecule has 1 aliphatic rings. The van der Waals surface area contributed by atoms with Gasteiger partial charge < -0.3 is 21.7 Å². The largest absolute Gasteiger partial charge is 0.382 e. The number of nitrogens with two attached hydrogens (primary N) is 1. The molecule has 0 spiro atoms. The average molecular weight is 463 g/mol. The van der Waals surface area contributed by atoms with Crippen LogP contribution in [0, 0.1) is 12.7 Å². The third-order valence-electron chi connectivity index (χ3n) is 5.82. The number of carbonyl (C=O) groups is 2. The van der Waals surface area contributed by atoms with Crippen molar-refractivity contribution in [2.45, 2.75) is 32.4 Å². The monoisotopic (exact) mass is 462 g/mol. The van der Waals surface area contributed by atoms with Crippen molar-refractivity contribution in [3.63, 3.8) is 0 Å². The molecule has 4 rings (SSSR count). The van der Waals surface area contributed by atoms with Crippen molar-refractivity contribution in [3.05, 3.63) is 76.9 Å². The van der Waals surface area contributed by atoms with E-state index in [4.69, 9.17) is 5.73 Å². The highest BCUT2D eigenvalue weighted by Gasteiger charge is 2.20. The normalized spacial score (nSPS) is 15.5. The molecule has 0 saturated carbocycles. The molecule has 176 valence electrons. The first kappa shape index (κ1) is 23.3. The number of hydrogen-bond acceptors (Lipinski definition) is 6. The Labute approximate surface area is 197 Å². The van der Waals surface area contributed by atoms with Crippen molar-refractivity contribution in [1.29, 1.82) is 0 Å². The van der Waals surface area contributed by atoms with Gasteiger partial charge in [0.15, 0.2) is 11.5 Å². The average Bonchev–Trinajstić information content (AvgIpc) is 2.85. The molecular formula is C25H27FN6O2. The van der Waals surface area contributed by atoms with Crippen LogP contribution < -0.4 is 21.7 Å². The maximum absolute atomic E-state index is 13.5. The van der Waals surface area contributed by atoms with Gasteiger partial charge in [-0.3, -0.25) is 9.59 Å². The van der Waals surface area contributed by atoms with E-state index in [1.807, 2.05) is 6.92 Å². The Morgan fingerprint density at radius 3 is 2.85 bits per heavy atom. The van der Waals surface area contributed by atoms with Crippen LogP contribution >= 0.6 is 0 Å². The first-order chi connectivity index (χ1) is 16.4. The van der Waals surface area contributed by atoms with Gasteiger partial charge in [0.25, 0.3) is 11.8 Å². The van der Waals surface area contributed by atoms with Gasteiger partial charge in [-0.2, -0.15) is 0 Å². The Balaban J connectivity index is 1.49. The molecule has 1 atom stereocenters. The third-order valence-corrected chi connectivity index (χ3v) is 5.82. The fourth-order valence-electron chi connectivity index (χ4n) is 3.86. The first-order valence-electron chi connectivity index (χ1n) is 11.2. The Morgan fingerprint density at radius 2 is 2.06 bits per heavy atom. The number of nitrogens with one attached hydrogen (secondary N) is 3. The Bertz CT molecular complexity index is 1210. The minimum Gasteiger partial charge on any atom is -0.382 e. The summed E-state index contributed by atoms with van der Waals surface area (Å²) >= 11 is 0. The van der Waals surface area contributed by atoms with Crippen LogP contribution in [-0.4, -0.2) is 40.9 Å². The number of carbonyl (C=O) groups excluding carboxylic acids is 2. The molecule has 2 heterocycles. The smallest absolute Gasteiger partial charge is 0.274 e. The highest BCUT2D eigenvalue weighted by Crippen LogP contribution is 2.20. The van der Waals surface area contributed by atoms with Crippen LogP contribution in [0.25, 0.3) is 11.3 Å². The number of rotatable bonds is 6. The number of nitrogens with zero attached hydrogens (tertiary/aromatic N) is 2. The Morgan fingerprint density at radius 1 is 1.21 bits per heavy atom. The molecule has 1 aliphatic heterocycles. The number of aromatic nitrogens is 2. The Hall–Kier alpha value is -3.85. The van der Waals surface area contributed by atoms with E-state index in [-0.39, 0.29) is 41.7 Å². The predicted octanol–water partition coefficient (Wildman–Crippen LogP) is 2.59. The van der Waals surface area contributed by atoms with Gasteiger partial charge in [-0.15, -0.1) is 0 Å².